The van der Waals surface area contributed by atoms with Crippen LogP contribution in [-0.4, -0.2) is 10.9 Å². The van der Waals surface area contributed by atoms with E-state index >= 15 is 0 Å². The minimum Gasteiger partial charge on any atom is -0.321 e. The molecule has 18 heavy (non-hydrogen) atoms. The average Bonchev–Trinajstić information content (AvgIpc) is 2.33. The second-order valence-electron chi connectivity index (χ2n) is 3.43. The highest BCUT2D eigenvalue weighted by molar-refractivity contribution is 9.10. The number of halogens is 3. The van der Waals surface area contributed by atoms with Gasteiger partial charge in [-0.15, -0.1) is 0 Å². The molecule has 0 spiro atoms. The Morgan fingerprint density at radius 1 is 1.39 bits per heavy atom. The zero-order valence-corrected chi connectivity index (χ0v) is 11.3. The molecular weight excluding hydrogens is 322 g/mol. The van der Waals surface area contributed by atoms with Gasteiger partial charge in [-0.3, -0.25) is 9.78 Å². The van der Waals surface area contributed by atoms with Crippen molar-refractivity contribution in [2.24, 2.45) is 0 Å². The van der Waals surface area contributed by atoms with Gasteiger partial charge in [0.25, 0.3) is 5.91 Å². The third kappa shape index (κ3) is 2.86. The van der Waals surface area contributed by atoms with E-state index in [-0.39, 0.29) is 5.56 Å². The monoisotopic (exact) mass is 328 g/mol. The summed E-state index contributed by atoms with van der Waals surface area (Å²) in [6.45, 7) is 0. The fourth-order valence-electron chi connectivity index (χ4n) is 1.34. The Balaban J connectivity index is 2.24. The molecule has 0 fully saturated rings. The Labute approximate surface area is 116 Å². The number of nitrogens with zero attached hydrogens (tertiary/aromatic N) is 1. The van der Waals surface area contributed by atoms with Crippen LogP contribution >= 0.6 is 27.5 Å². The highest BCUT2D eigenvalue weighted by atomic mass is 79.9. The number of hydrogen-bond acceptors (Lipinski definition) is 2. The molecule has 0 unspecified atom stereocenters. The smallest absolute Gasteiger partial charge is 0.258 e. The summed E-state index contributed by atoms with van der Waals surface area (Å²) in [6, 6.07) is 6.30. The largest absolute Gasteiger partial charge is 0.321 e. The van der Waals surface area contributed by atoms with Crippen molar-refractivity contribution < 1.29 is 9.18 Å². The van der Waals surface area contributed by atoms with Gasteiger partial charge < -0.3 is 5.32 Å². The molecule has 1 aromatic heterocycles. The van der Waals surface area contributed by atoms with Crippen LogP contribution in [0, 0.1) is 5.82 Å². The normalized spacial score (nSPS) is 10.2. The minimum atomic E-state index is -0.678. The Morgan fingerprint density at radius 2 is 2.17 bits per heavy atom. The number of carbonyl (C=O) groups is 1. The molecule has 92 valence electrons. The van der Waals surface area contributed by atoms with Gasteiger partial charge in [-0.1, -0.05) is 27.5 Å². The van der Waals surface area contributed by atoms with Gasteiger partial charge in [-0.2, -0.15) is 0 Å². The Bertz CT molecular complexity index is 606. The van der Waals surface area contributed by atoms with Crippen molar-refractivity contribution in [3.8, 4) is 0 Å². The molecule has 0 atom stereocenters. The highest BCUT2D eigenvalue weighted by Gasteiger charge is 2.12. The van der Waals surface area contributed by atoms with Crippen LogP contribution in [0.15, 0.2) is 41.1 Å². The molecule has 2 aromatic rings. The fourth-order valence-corrected chi connectivity index (χ4v) is 2.06. The van der Waals surface area contributed by atoms with Gasteiger partial charge in [0.2, 0.25) is 0 Å². The summed E-state index contributed by atoms with van der Waals surface area (Å²) in [5, 5.41) is 2.90. The van der Waals surface area contributed by atoms with E-state index in [1.807, 2.05) is 0 Å². The van der Waals surface area contributed by atoms with Crippen LogP contribution in [0.4, 0.5) is 10.1 Å². The van der Waals surface area contributed by atoms with Crippen molar-refractivity contribution in [2.75, 3.05) is 5.32 Å². The van der Waals surface area contributed by atoms with E-state index < -0.39 is 11.7 Å². The molecule has 0 aliphatic carbocycles. The number of hydrogen-bond donors (Lipinski definition) is 1. The molecule has 0 saturated heterocycles. The molecule has 1 aromatic carbocycles. The number of pyridine rings is 1. The minimum absolute atomic E-state index is 0.0796. The molecule has 0 saturated carbocycles. The van der Waals surface area contributed by atoms with Crippen molar-refractivity contribution in [3.05, 3.63) is 57.5 Å². The first-order chi connectivity index (χ1) is 8.58. The molecule has 2 rings (SSSR count). The van der Waals surface area contributed by atoms with Gasteiger partial charge in [-0.25, -0.2) is 4.39 Å². The summed E-state index contributed by atoms with van der Waals surface area (Å²) in [5.74, 6) is -1.25. The second-order valence-corrected chi connectivity index (χ2v) is 4.76. The summed E-state index contributed by atoms with van der Waals surface area (Å²) < 4.78 is 14.1. The molecule has 3 nitrogen and oxygen atoms in total. The number of anilines is 1. The number of amides is 1. The standard InChI is InChI=1S/C12H7BrClFN2O/c13-7-1-2-11(9(14)5-7)17-12(18)8-3-4-16-6-10(8)15/h1-6H,(H,17,18). The number of aromatic nitrogens is 1. The number of nitrogens with one attached hydrogen (secondary N) is 1. The summed E-state index contributed by atoms with van der Waals surface area (Å²) in [5.41, 5.74) is 0.338. The zero-order valence-electron chi connectivity index (χ0n) is 8.95. The van der Waals surface area contributed by atoms with E-state index in [9.17, 15) is 9.18 Å². The first kappa shape index (κ1) is 13.0. The number of rotatable bonds is 2. The lowest BCUT2D eigenvalue weighted by molar-refractivity contribution is 0.102. The lowest BCUT2D eigenvalue weighted by Crippen LogP contribution is -2.14. The van der Waals surface area contributed by atoms with Crippen LogP contribution in [0.1, 0.15) is 10.4 Å². The van der Waals surface area contributed by atoms with E-state index in [1.54, 1.807) is 18.2 Å². The van der Waals surface area contributed by atoms with Crippen LogP contribution in [0.25, 0.3) is 0 Å². The maximum Gasteiger partial charge on any atom is 0.258 e. The summed E-state index contributed by atoms with van der Waals surface area (Å²) in [7, 11) is 0. The van der Waals surface area contributed by atoms with E-state index in [0.717, 1.165) is 10.7 Å². The van der Waals surface area contributed by atoms with Crippen LogP contribution in [0.5, 0.6) is 0 Å². The first-order valence-electron chi connectivity index (χ1n) is 4.94. The molecule has 1 amide bonds. The Hall–Kier alpha value is -1.46. The van der Waals surface area contributed by atoms with E-state index in [4.69, 9.17) is 11.6 Å². The highest BCUT2D eigenvalue weighted by Crippen LogP contribution is 2.26. The third-order valence-electron chi connectivity index (χ3n) is 2.20. The van der Waals surface area contributed by atoms with E-state index in [1.165, 1.54) is 12.3 Å². The molecule has 1 heterocycles. The predicted octanol–water partition coefficient (Wildman–Crippen LogP) is 3.89. The van der Waals surface area contributed by atoms with E-state index in [2.05, 4.69) is 26.2 Å². The molecule has 0 aliphatic heterocycles. The van der Waals surface area contributed by atoms with Crippen molar-refractivity contribution in [3.63, 3.8) is 0 Å². The van der Waals surface area contributed by atoms with Crippen molar-refractivity contribution in [1.82, 2.24) is 4.98 Å². The van der Waals surface area contributed by atoms with Gasteiger partial charge >= 0.3 is 0 Å². The lowest BCUT2D eigenvalue weighted by atomic mass is 10.2. The topological polar surface area (TPSA) is 42.0 Å². The van der Waals surface area contributed by atoms with Crippen LogP contribution in [-0.2, 0) is 0 Å². The summed E-state index contributed by atoms with van der Waals surface area (Å²) in [4.78, 5) is 15.4. The molecular formula is C12H7BrClFN2O. The van der Waals surface area contributed by atoms with Crippen LogP contribution in [0.2, 0.25) is 5.02 Å². The maximum absolute atomic E-state index is 13.3. The van der Waals surface area contributed by atoms with Crippen LogP contribution in [0.3, 0.4) is 0 Å². The fraction of sp³-hybridized carbons (Fsp3) is 0. The van der Waals surface area contributed by atoms with Gasteiger partial charge in [-0.05, 0) is 24.3 Å². The molecule has 0 radical (unpaired) electrons. The van der Waals surface area contributed by atoms with E-state index in [0.29, 0.717) is 10.7 Å². The van der Waals surface area contributed by atoms with Crippen molar-refractivity contribution in [2.45, 2.75) is 0 Å². The Morgan fingerprint density at radius 3 is 2.83 bits per heavy atom. The van der Waals surface area contributed by atoms with Gasteiger partial charge in [0.05, 0.1) is 22.5 Å². The average molecular weight is 330 g/mol. The van der Waals surface area contributed by atoms with Crippen LogP contribution < -0.4 is 5.32 Å². The zero-order chi connectivity index (χ0) is 13.1. The SMILES string of the molecule is O=C(Nc1ccc(Br)cc1Cl)c1ccncc1F. The second kappa shape index (κ2) is 5.46. The first-order valence-corrected chi connectivity index (χ1v) is 6.11. The molecule has 6 heteroatoms. The van der Waals surface area contributed by atoms with Gasteiger partial charge in [0.15, 0.2) is 5.82 Å². The molecule has 1 N–H and O–H groups in total. The predicted molar refractivity (Wildman–Crippen MR) is 71.3 cm³/mol. The molecule has 0 bridgehead atoms. The maximum atomic E-state index is 13.3. The number of benzene rings is 1. The lowest BCUT2D eigenvalue weighted by Gasteiger charge is -2.07. The molecule has 0 aliphatic rings. The van der Waals surface area contributed by atoms with Crippen molar-refractivity contribution >= 4 is 39.1 Å². The summed E-state index contributed by atoms with van der Waals surface area (Å²) >= 11 is 9.20. The summed E-state index contributed by atoms with van der Waals surface area (Å²) in [6.07, 6.45) is 2.33. The third-order valence-corrected chi connectivity index (χ3v) is 3.00. The van der Waals surface area contributed by atoms with Crippen molar-refractivity contribution in [1.29, 1.82) is 0 Å². The Kier molecular flexibility index (Phi) is 3.93. The van der Waals surface area contributed by atoms with Gasteiger partial charge in [0.1, 0.15) is 0 Å². The quantitative estimate of drug-likeness (QED) is 0.908. The van der Waals surface area contributed by atoms with Gasteiger partial charge in [0, 0.05) is 10.7 Å². The number of carbonyl (C=O) groups excluding carboxylic acids is 1.